The molecule has 0 fully saturated rings. The maximum absolute atomic E-state index is 10.8. The molecule has 0 aromatic carbocycles. The van der Waals surface area contributed by atoms with Crippen molar-refractivity contribution >= 4 is 17.8 Å². The molecular weight excluding hydrogens is 176 g/mol. The summed E-state index contributed by atoms with van der Waals surface area (Å²) in [4.78, 5) is 31.6. The SMILES string of the molecule is C[C@H](N)C(=O)NC(=O)CCC(=O)O. The second-order valence-corrected chi connectivity index (χ2v) is 2.59. The summed E-state index contributed by atoms with van der Waals surface area (Å²) in [5, 5.41) is 10.2. The van der Waals surface area contributed by atoms with Crippen LogP contribution in [0.5, 0.6) is 0 Å². The first-order valence-electron chi connectivity index (χ1n) is 3.74. The summed E-state index contributed by atoms with van der Waals surface area (Å²) in [6, 6.07) is -0.770. The number of imide groups is 1. The maximum Gasteiger partial charge on any atom is 0.303 e. The molecule has 4 N–H and O–H groups in total. The van der Waals surface area contributed by atoms with Gasteiger partial charge in [0.1, 0.15) is 0 Å². The number of carboxylic acid groups (broad SMARTS) is 1. The predicted octanol–water partition coefficient (Wildman–Crippen LogP) is -1.16. The van der Waals surface area contributed by atoms with E-state index in [4.69, 9.17) is 10.8 Å². The van der Waals surface area contributed by atoms with E-state index < -0.39 is 23.8 Å². The van der Waals surface area contributed by atoms with Gasteiger partial charge in [-0.3, -0.25) is 19.7 Å². The molecule has 13 heavy (non-hydrogen) atoms. The van der Waals surface area contributed by atoms with Crippen molar-refractivity contribution in [2.45, 2.75) is 25.8 Å². The molecule has 0 aliphatic rings. The van der Waals surface area contributed by atoms with Crippen LogP contribution in [-0.2, 0) is 14.4 Å². The van der Waals surface area contributed by atoms with Crippen LogP contribution < -0.4 is 11.1 Å². The molecular formula is C7H12N2O4. The first-order chi connectivity index (χ1) is 5.93. The number of carboxylic acids is 1. The molecule has 6 heteroatoms. The zero-order valence-corrected chi connectivity index (χ0v) is 7.24. The maximum atomic E-state index is 10.8. The van der Waals surface area contributed by atoms with Gasteiger partial charge in [0.25, 0.3) is 0 Å². The number of hydrogen-bond donors (Lipinski definition) is 3. The molecule has 0 bridgehead atoms. The third kappa shape index (κ3) is 5.80. The van der Waals surface area contributed by atoms with E-state index in [1.165, 1.54) is 6.92 Å². The Labute approximate surface area is 75.1 Å². The average Bonchev–Trinajstić information content (AvgIpc) is 2.00. The smallest absolute Gasteiger partial charge is 0.303 e. The minimum Gasteiger partial charge on any atom is -0.481 e. The Kier molecular flexibility index (Phi) is 4.68. The number of nitrogens with one attached hydrogen (secondary N) is 1. The van der Waals surface area contributed by atoms with Crippen LogP contribution in [-0.4, -0.2) is 28.9 Å². The molecule has 0 saturated heterocycles. The summed E-state index contributed by atoms with van der Waals surface area (Å²) in [5.41, 5.74) is 5.16. The number of aliphatic carboxylic acids is 1. The summed E-state index contributed by atoms with van der Waals surface area (Å²) in [6.45, 7) is 1.43. The molecule has 0 aliphatic carbocycles. The lowest BCUT2D eigenvalue weighted by atomic mass is 10.3. The molecule has 0 spiro atoms. The van der Waals surface area contributed by atoms with Gasteiger partial charge in [-0.25, -0.2) is 0 Å². The Hall–Kier alpha value is -1.43. The topological polar surface area (TPSA) is 109 Å². The third-order valence-electron chi connectivity index (χ3n) is 1.24. The number of carbonyl (C=O) groups is 3. The fraction of sp³-hybridized carbons (Fsp3) is 0.571. The predicted molar refractivity (Wildman–Crippen MR) is 43.7 cm³/mol. The molecule has 0 aromatic rings. The van der Waals surface area contributed by atoms with Gasteiger partial charge in [0.2, 0.25) is 11.8 Å². The van der Waals surface area contributed by atoms with Crippen LogP contribution in [0.3, 0.4) is 0 Å². The molecule has 1 atom stereocenters. The van der Waals surface area contributed by atoms with Gasteiger partial charge >= 0.3 is 5.97 Å². The number of amides is 2. The Morgan fingerprint density at radius 2 is 1.92 bits per heavy atom. The fourth-order valence-electron chi connectivity index (χ4n) is 0.534. The monoisotopic (exact) mass is 188 g/mol. The fourth-order valence-corrected chi connectivity index (χ4v) is 0.534. The zero-order chi connectivity index (χ0) is 10.4. The minimum atomic E-state index is -1.08. The minimum absolute atomic E-state index is 0.214. The van der Waals surface area contributed by atoms with Crippen LogP contribution in [0.4, 0.5) is 0 Å². The van der Waals surface area contributed by atoms with Crippen LogP contribution >= 0.6 is 0 Å². The highest BCUT2D eigenvalue weighted by Gasteiger charge is 2.12. The van der Waals surface area contributed by atoms with Crippen molar-refractivity contribution in [3.8, 4) is 0 Å². The highest BCUT2D eigenvalue weighted by molar-refractivity contribution is 5.98. The van der Waals surface area contributed by atoms with E-state index in [1.807, 2.05) is 5.32 Å². The molecule has 74 valence electrons. The lowest BCUT2D eigenvalue weighted by Gasteiger charge is -2.04. The summed E-state index contributed by atoms with van der Waals surface area (Å²) in [6.07, 6.45) is -0.508. The van der Waals surface area contributed by atoms with E-state index in [0.717, 1.165) is 0 Å². The normalized spacial score (nSPS) is 11.8. The van der Waals surface area contributed by atoms with Crippen LogP contribution in [0.1, 0.15) is 19.8 Å². The number of hydrogen-bond acceptors (Lipinski definition) is 4. The van der Waals surface area contributed by atoms with E-state index in [-0.39, 0.29) is 12.8 Å². The van der Waals surface area contributed by atoms with E-state index in [1.54, 1.807) is 0 Å². The molecule has 6 nitrogen and oxygen atoms in total. The Bertz CT molecular complexity index is 225. The number of rotatable bonds is 4. The number of nitrogens with two attached hydrogens (primary N) is 1. The lowest BCUT2D eigenvalue weighted by Crippen LogP contribution is -2.41. The van der Waals surface area contributed by atoms with Gasteiger partial charge in [0.05, 0.1) is 12.5 Å². The Morgan fingerprint density at radius 1 is 1.38 bits per heavy atom. The molecule has 0 aliphatic heterocycles. The molecule has 0 heterocycles. The van der Waals surface area contributed by atoms with Gasteiger partial charge in [-0.2, -0.15) is 0 Å². The quantitative estimate of drug-likeness (QED) is 0.515. The second kappa shape index (κ2) is 5.26. The molecule has 0 saturated carbocycles. The summed E-state index contributed by atoms with van der Waals surface area (Å²) in [5.74, 6) is -2.30. The summed E-state index contributed by atoms with van der Waals surface area (Å²) < 4.78 is 0. The summed E-state index contributed by atoms with van der Waals surface area (Å²) in [7, 11) is 0. The van der Waals surface area contributed by atoms with Crippen molar-refractivity contribution in [3.63, 3.8) is 0 Å². The van der Waals surface area contributed by atoms with Crippen molar-refractivity contribution in [1.29, 1.82) is 0 Å². The highest BCUT2D eigenvalue weighted by Crippen LogP contribution is 1.88. The van der Waals surface area contributed by atoms with Crippen LogP contribution in [0.25, 0.3) is 0 Å². The van der Waals surface area contributed by atoms with Gasteiger partial charge in [0, 0.05) is 6.42 Å². The van der Waals surface area contributed by atoms with Gasteiger partial charge in [-0.05, 0) is 6.92 Å². The van der Waals surface area contributed by atoms with Crippen LogP contribution in [0, 0.1) is 0 Å². The molecule has 0 unspecified atom stereocenters. The van der Waals surface area contributed by atoms with E-state index in [2.05, 4.69) is 0 Å². The molecule has 2 amide bonds. The standard InChI is InChI=1S/C7H12N2O4/c1-4(8)7(13)9-5(10)2-3-6(11)12/h4H,2-3,8H2,1H3,(H,11,12)(H,9,10,13)/t4-/m0/s1. The van der Waals surface area contributed by atoms with Gasteiger partial charge < -0.3 is 10.8 Å². The first kappa shape index (κ1) is 11.6. The Morgan fingerprint density at radius 3 is 2.31 bits per heavy atom. The van der Waals surface area contributed by atoms with Gasteiger partial charge in [-0.1, -0.05) is 0 Å². The molecule has 0 radical (unpaired) electrons. The lowest BCUT2D eigenvalue weighted by molar-refractivity contribution is -0.140. The third-order valence-corrected chi connectivity index (χ3v) is 1.24. The first-order valence-corrected chi connectivity index (χ1v) is 3.74. The Balaban J connectivity index is 3.75. The summed E-state index contributed by atoms with van der Waals surface area (Å²) >= 11 is 0. The highest BCUT2D eigenvalue weighted by atomic mass is 16.4. The average molecular weight is 188 g/mol. The van der Waals surface area contributed by atoms with Crippen molar-refractivity contribution in [1.82, 2.24) is 5.32 Å². The second-order valence-electron chi connectivity index (χ2n) is 2.59. The van der Waals surface area contributed by atoms with Crippen molar-refractivity contribution in [2.24, 2.45) is 5.73 Å². The van der Waals surface area contributed by atoms with E-state index in [9.17, 15) is 14.4 Å². The number of carbonyl (C=O) groups excluding carboxylic acids is 2. The molecule has 0 aromatic heterocycles. The van der Waals surface area contributed by atoms with Gasteiger partial charge in [0.15, 0.2) is 0 Å². The van der Waals surface area contributed by atoms with Crippen molar-refractivity contribution < 1.29 is 19.5 Å². The molecule has 0 rings (SSSR count). The van der Waals surface area contributed by atoms with Gasteiger partial charge in [-0.15, -0.1) is 0 Å². The zero-order valence-electron chi connectivity index (χ0n) is 7.24. The van der Waals surface area contributed by atoms with Crippen molar-refractivity contribution in [3.05, 3.63) is 0 Å². The van der Waals surface area contributed by atoms with Crippen LogP contribution in [0.15, 0.2) is 0 Å². The van der Waals surface area contributed by atoms with Crippen molar-refractivity contribution in [2.75, 3.05) is 0 Å². The van der Waals surface area contributed by atoms with E-state index >= 15 is 0 Å². The van der Waals surface area contributed by atoms with E-state index in [0.29, 0.717) is 0 Å². The largest absolute Gasteiger partial charge is 0.481 e. The van der Waals surface area contributed by atoms with Crippen LogP contribution in [0.2, 0.25) is 0 Å².